The molecule has 1 aliphatic rings. The van der Waals surface area contributed by atoms with Crippen LogP contribution in [0.3, 0.4) is 0 Å². The van der Waals surface area contributed by atoms with Gasteiger partial charge in [-0.3, -0.25) is 0 Å². The molecule has 1 aliphatic heterocycles. The normalized spacial score (nSPS) is 24.0. The minimum absolute atomic E-state index is 0.608. The fraction of sp³-hybridized carbons (Fsp3) is 0.250. The molecule has 1 nitrogen and oxygen atoms in total. The van der Waals surface area contributed by atoms with Crippen LogP contribution in [0.25, 0.3) is 16.3 Å². The molecule has 0 aromatic heterocycles. The molecule has 86 valence electrons. The number of hydrogen-bond donors (Lipinski definition) is 1. The summed E-state index contributed by atoms with van der Waals surface area (Å²) < 4.78 is 0. The number of nitrogens with one attached hydrogen (secondary N) is 1. The van der Waals surface area contributed by atoms with Gasteiger partial charge in [0.1, 0.15) is 6.04 Å². The maximum Gasteiger partial charge on any atom is 0.111 e. The minimum atomic E-state index is 0.608. The van der Waals surface area contributed by atoms with Crippen LogP contribution in [0, 0.1) is 0 Å². The lowest BCUT2D eigenvalue weighted by molar-refractivity contribution is -0.883. The lowest BCUT2D eigenvalue weighted by Gasteiger charge is -2.15. The highest BCUT2D eigenvalue weighted by Crippen LogP contribution is 2.23. The molecule has 2 atom stereocenters. The second kappa shape index (κ2) is 4.01. The number of fused-ring (bicyclic) bond motifs is 1. The van der Waals surface area contributed by atoms with Gasteiger partial charge in [0.2, 0.25) is 0 Å². The molecule has 0 bridgehead atoms. The largest absolute Gasteiger partial charge is 0.328 e. The van der Waals surface area contributed by atoms with E-state index in [1.807, 2.05) is 0 Å². The van der Waals surface area contributed by atoms with E-state index in [-0.39, 0.29) is 0 Å². The molecule has 3 rings (SSSR count). The van der Waals surface area contributed by atoms with Crippen LogP contribution in [0.1, 0.15) is 12.5 Å². The Morgan fingerprint density at radius 3 is 2.53 bits per heavy atom. The fourth-order valence-electron chi connectivity index (χ4n) is 2.63. The summed E-state index contributed by atoms with van der Waals surface area (Å²) in [5.74, 6) is 0. The molecule has 17 heavy (non-hydrogen) atoms. The molecule has 2 unspecified atom stereocenters. The number of likely N-dealkylation sites (N-methyl/N-ethyl adjacent to an activating group) is 1. The molecule has 0 radical (unpaired) electrons. The van der Waals surface area contributed by atoms with Crippen molar-refractivity contribution in [2.75, 3.05) is 13.6 Å². The van der Waals surface area contributed by atoms with E-state index in [2.05, 4.69) is 62.5 Å². The van der Waals surface area contributed by atoms with Gasteiger partial charge in [-0.15, -0.1) is 0 Å². The van der Waals surface area contributed by atoms with Crippen LogP contribution in [0.4, 0.5) is 0 Å². The number of rotatable bonds is 1. The van der Waals surface area contributed by atoms with E-state index < -0.39 is 0 Å². The summed E-state index contributed by atoms with van der Waals surface area (Å²) in [4.78, 5) is 1.58. The van der Waals surface area contributed by atoms with E-state index in [0.29, 0.717) is 6.04 Å². The summed E-state index contributed by atoms with van der Waals surface area (Å²) in [6.07, 6.45) is 2.38. The molecule has 1 heterocycles. The van der Waals surface area contributed by atoms with Crippen LogP contribution in [0.2, 0.25) is 0 Å². The standard InChI is InChI=1S/C16H17N/c1-12-16(9-10-17(12)2)15-8-7-13-5-3-4-6-14(13)11-15/h3-9,11-12H,10H2,1-2H3/p+1. The zero-order valence-corrected chi connectivity index (χ0v) is 10.4. The van der Waals surface area contributed by atoms with Gasteiger partial charge >= 0.3 is 0 Å². The van der Waals surface area contributed by atoms with E-state index in [0.717, 1.165) is 6.54 Å². The van der Waals surface area contributed by atoms with Gasteiger partial charge in [0, 0.05) is 5.57 Å². The molecule has 0 spiro atoms. The molecule has 2 aromatic carbocycles. The van der Waals surface area contributed by atoms with Crippen LogP contribution in [0.5, 0.6) is 0 Å². The zero-order valence-electron chi connectivity index (χ0n) is 10.4. The molecule has 0 saturated heterocycles. The first-order valence-corrected chi connectivity index (χ1v) is 6.27. The van der Waals surface area contributed by atoms with Crippen LogP contribution in [-0.4, -0.2) is 19.6 Å². The molecule has 1 N–H and O–H groups in total. The van der Waals surface area contributed by atoms with Crippen molar-refractivity contribution in [1.82, 2.24) is 0 Å². The van der Waals surface area contributed by atoms with Crippen LogP contribution < -0.4 is 4.90 Å². The van der Waals surface area contributed by atoms with Gasteiger partial charge in [0.25, 0.3) is 0 Å². The molecule has 0 aliphatic carbocycles. The van der Waals surface area contributed by atoms with Crippen molar-refractivity contribution >= 4 is 16.3 Å². The number of hydrogen-bond acceptors (Lipinski definition) is 0. The summed E-state index contributed by atoms with van der Waals surface area (Å²) in [5.41, 5.74) is 2.88. The number of quaternary nitrogens is 1. The lowest BCUT2D eigenvalue weighted by atomic mass is 9.98. The van der Waals surface area contributed by atoms with Gasteiger partial charge < -0.3 is 4.90 Å². The van der Waals surface area contributed by atoms with Crippen LogP contribution in [-0.2, 0) is 0 Å². The van der Waals surface area contributed by atoms with Gasteiger partial charge in [0.15, 0.2) is 0 Å². The first kappa shape index (κ1) is 10.5. The third kappa shape index (κ3) is 1.77. The monoisotopic (exact) mass is 224 g/mol. The third-order valence-corrected chi connectivity index (χ3v) is 3.93. The smallest absolute Gasteiger partial charge is 0.111 e. The average Bonchev–Trinajstić information content (AvgIpc) is 2.70. The van der Waals surface area contributed by atoms with Crippen LogP contribution >= 0.6 is 0 Å². The van der Waals surface area contributed by atoms with E-state index >= 15 is 0 Å². The van der Waals surface area contributed by atoms with Crippen molar-refractivity contribution in [1.29, 1.82) is 0 Å². The number of benzene rings is 2. The Morgan fingerprint density at radius 2 is 1.82 bits per heavy atom. The molecular weight excluding hydrogens is 206 g/mol. The average molecular weight is 224 g/mol. The van der Waals surface area contributed by atoms with Crippen LogP contribution in [0.15, 0.2) is 48.5 Å². The molecular formula is C16H18N+. The second-order valence-corrected chi connectivity index (χ2v) is 4.99. The van der Waals surface area contributed by atoms with E-state index in [1.54, 1.807) is 4.90 Å². The summed E-state index contributed by atoms with van der Waals surface area (Å²) in [7, 11) is 2.26. The molecule has 0 amide bonds. The SMILES string of the molecule is CC1C(c2ccc3ccccc3c2)=CC[NH+]1C. The highest BCUT2D eigenvalue weighted by molar-refractivity contribution is 5.86. The summed E-state index contributed by atoms with van der Waals surface area (Å²) in [5, 5.41) is 2.66. The first-order valence-electron chi connectivity index (χ1n) is 6.27. The Balaban J connectivity index is 2.07. The van der Waals surface area contributed by atoms with Crippen molar-refractivity contribution in [2.45, 2.75) is 13.0 Å². The van der Waals surface area contributed by atoms with Crippen molar-refractivity contribution in [3.05, 3.63) is 54.1 Å². The van der Waals surface area contributed by atoms with Gasteiger partial charge in [-0.1, -0.05) is 36.4 Å². The zero-order chi connectivity index (χ0) is 11.8. The second-order valence-electron chi connectivity index (χ2n) is 4.99. The van der Waals surface area contributed by atoms with Gasteiger partial charge in [-0.2, -0.15) is 0 Å². The summed E-state index contributed by atoms with van der Waals surface area (Å²) in [6.45, 7) is 3.45. The van der Waals surface area contributed by atoms with E-state index in [4.69, 9.17) is 0 Å². The Labute approximate surface area is 102 Å². The Morgan fingerprint density at radius 1 is 1.06 bits per heavy atom. The third-order valence-electron chi connectivity index (χ3n) is 3.93. The van der Waals surface area contributed by atoms with E-state index in [9.17, 15) is 0 Å². The first-order chi connectivity index (χ1) is 8.25. The summed E-state index contributed by atoms with van der Waals surface area (Å²) in [6, 6.07) is 16.0. The quantitative estimate of drug-likeness (QED) is 0.757. The van der Waals surface area contributed by atoms with Crippen molar-refractivity contribution in [3.8, 4) is 0 Å². The highest BCUT2D eigenvalue weighted by atomic mass is 15.1. The molecule has 1 heteroatoms. The van der Waals surface area contributed by atoms with Gasteiger partial charge in [-0.05, 0) is 35.4 Å². The van der Waals surface area contributed by atoms with Gasteiger partial charge in [-0.25, -0.2) is 0 Å². The Hall–Kier alpha value is -1.60. The lowest BCUT2D eigenvalue weighted by Crippen LogP contribution is -3.10. The topological polar surface area (TPSA) is 4.44 Å². The highest BCUT2D eigenvalue weighted by Gasteiger charge is 2.24. The summed E-state index contributed by atoms with van der Waals surface area (Å²) >= 11 is 0. The predicted molar refractivity (Wildman–Crippen MR) is 73.1 cm³/mol. The minimum Gasteiger partial charge on any atom is -0.328 e. The Bertz CT molecular complexity index is 583. The van der Waals surface area contributed by atoms with E-state index in [1.165, 1.54) is 21.9 Å². The van der Waals surface area contributed by atoms with Crippen molar-refractivity contribution in [2.24, 2.45) is 0 Å². The molecule has 2 aromatic rings. The fourth-order valence-corrected chi connectivity index (χ4v) is 2.63. The predicted octanol–water partition coefficient (Wildman–Crippen LogP) is 2.14. The van der Waals surface area contributed by atoms with Gasteiger partial charge in [0.05, 0.1) is 13.6 Å². The molecule has 0 fully saturated rings. The molecule has 0 saturated carbocycles. The van der Waals surface area contributed by atoms with Crippen molar-refractivity contribution in [3.63, 3.8) is 0 Å². The Kier molecular flexibility index (Phi) is 2.49. The van der Waals surface area contributed by atoms with Crippen molar-refractivity contribution < 1.29 is 4.90 Å². The maximum atomic E-state index is 2.38. The maximum absolute atomic E-state index is 2.38.